The molecule has 3 atom stereocenters. The van der Waals surface area contributed by atoms with Crippen LogP contribution in [0.4, 0.5) is 0 Å². The first-order valence-corrected chi connectivity index (χ1v) is 6.39. The van der Waals surface area contributed by atoms with Crippen molar-refractivity contribution < 1.29 is 5.11 Å². The van der Waals surface area contributed by atoms with Crippen molar-refractivity contribution in [2.45, 2.75) is 18.4 Å². The molecule has 2 aliphatic rings. The number of terminal acetylenes is 1. The molecule has 0 aliphatic heterocycles. The molecule has 0 saturated carbocycles. The molecule has 1 nitrogen and oxygen atoms in total. The minimum atomic E-state index is -1.18. The topological polar surface area (TPSA) is 20.2 Å². The number of allylic oxidation sites excluding steroid dienone is 3. The first kappa shape index (κ1) is 11.3. The van der Waals surface area contributed by atoms with Crippen LogP contribution in [-0.4, -0.2) is 5.11 Å². The van der Waals surface area contributed by atoms with Crippen LogP contribution in [0.25, 0.3) is 0 Å². The average Bonchev–Trinajstić information content (AvgIpc) is 2.56. The smallest absolute Gasteiger partial charge is 0.157 e. The summed E-state index contributed by atoms with van der Waals surface area (Å²) < 4.78 is 0. The predicted molar refractivity (Wildman–Crippen MR) is 72.8 cm³/mol. The van der Waals surface area contributed by atoms with Crippen LogP contribution >= 0.6 is 0 Å². The highest BCUT2D eigenvalue weighted by molar-refractivity contribution is 5.42. The molecule has 0 radical (unpaired) electrons. The minimum absolute atomic E-state index is 0.0175. The van der Waals surface area contributed by atoms with E-state index < -0.39 is 5.60 Å². The lowest BCUT2D eigenvalue weighted by Gasteiger charge is -2.34. The van der Waals surface area contributed by atoms with Gasteiger partial charge >= 0.3 is 0 Å². The van der Waals surface area contributed by atoms with Crippen molar-refractivity contribution in [1.82, 2.24) is 0 Å². The summed E-state index contributed by atoms with van der Waals surface area (Å²) in [5.41, 5.74) is 0.896. The van der Waals surface area contributed by atoms with E-state index in [-0.39, 0.29) is 5.92 Å². The molecule has 0 saturated heterocycles. The lowest BCUT2D eigenvalue weighted by Crippen LogP contribution is -2.36. The van der Waals surface area contributed by atoms with Gasteiger partial charge in [-0.15, -0.1) is 6.42 Å². The van der Waals surface area contributed by atoms with Crippen molar-refractivity contribution in [2.75, 3.05) is 0 Å². The molecule has 18 heavy (non-hydrogen) atoms. The van der Waals surface area contributed by atoms with E-state index in [1.807, 2.05) is 36.4 Å². The molecule has 0 heterocycles. The summed E-state index contributed by atoms with van der Waals surface area (Å²) in [5.74, 6) is 2.95. The van der Waals surface area contributed by atoms with Crippen molar-refractivity contribution in [1.29, 1.82) is 0 Å². The molecule has 3 unspecified atom stereocenters. The highest BCUT2D eigenvalue weighted by atomic mass is 16.3. The summed E-state index contributed by atoms with van der Waals surface area (Å²) in [6.45, 7) is 0. The van der Waals surface area contributed by atoms with Gasteiger partial charge < -0.3 is 5.11 Å². The van der Waals surface area contributed by atoms with E-state index in [0.29, 0.717) is 5.92 Å². The van der Waals surface area contributed by atoms with Crippen LogP contribution in [0.5, 0.6) is 0 Å². The summed E-state index contributed by atoms with van der Waals surface area (Å²) >= 11 is 0. The van der Waals surface area contributed by atoms with E-state index in [4.69, 9.17) is 6.42 Å². The van der Waals surface area contributed by atoms with Gasteiger partial charge in [0.2, 0.25) is 0 Å². The van der Waals surface area contributed by atoms with Gasteiger partial charge in [0.25, 0.3) is 0 Å². The Labute approximate surface area is 108 Å². The van der Waals surface area contributed by atoms with Crippen LogP contribution in [0, 0.1) is 24.2 Å². The van der Waals surface area contributed by atoms with E-state index in [2.05, 4.69) is 18.1 Å². The Hall–Kier alpha value is -1.78. The molecule has 1 aromatic rings. The number of rotatable bonds is 0. The molecule has 1 heteroatoms. The zero-order valence-corrected chi connectivity index (χ0v) is 10.2. The van der Waals surface area contributed by atoms with Crippen LogP contribution in [0.1, 0.15) is 17.5 Å². The second-order valence-corrected chi connectivity index (χ2v) is 5.07. The Morgan fingerprint density at radius 1 is 1.22 bits per heavy atom. The first-order chi connectivity index (χ1) is 8.75. The third-order valence-corrected chi connectivity index (χ3v) is 4.13. The summed E-state index contributed by atoms with van der Waals surface area (Å²) in [6.07, 6.45) is 15.9. The number of benzene rings is 1. The van der Waals surface area contributed by atoms with Gasteiger partial charge in [0.05, 0.1) is 0 Å². The maximum Gasteiger partial charge on any atom is 0.157 e. The van der Waals surface area contributed by atoms with Crippen LogP contribution in [0.3, 0.4) is 0 Å². The minimum Gasteiger partial charge on any atom is -0.373 e. The van der Waals surface area contributed by atoms with Gasteiger partial charge in [-0.05, 0) is 29.9 Å². The monoisotopic (exact) mass is 236 g/mol. The van der Waals surface area contributed by atoms with Crippen LogP contribution in [-0.2, 0) is 12.0 Å². The molecule has 0 aromatic heterocycles. The Morgan fingerprint density at radius 3 is 2.83 bits per heavy atom. The van der Waals surface area contributed by atoms with Gasteiger partial charge in [-0.3, -0.25) is 0 Å². The van der Waals surface area contributed by atoms with Crippen molar-refractivity contribution in [3.8, 4) is 12.3 Å². The molecule has 0 fully saturated rings. The van der Waals surface area contributed by atoms with Crippen molar-refractivity contribution in [2.24, 2.45) is 11.8 Å². The molecule has 3 rings (SSSR count). The van der Waals surface area contributed by atoms with Crippen LogP contribution in [0.2, 0.25) is 0 Å². The van der Waals surface area contributed by atoms with Crippen molar-refractivity contribution in [3.63, 3.8) is 0 Å². The summed E-state index contributed by atoms with van der Waals surface area (Å²) in [5, 5.41) is 11.0. The molecule has 0 bridgehead atoms. The van der Waals surface area contributed by atoms with E-state index in [9.17, 15) is 5.11 Å². The average molecular weight is 236 g/mol. The van der Waals surface area contributed by atoms with E-state index in [1.165, 1.54) is 5.56 Å². The maximum absolute atomic E-state index is 11.0. The fourth-order valence-corrected chi connectivity index (χ4v) is 3.16. The zero-order valence-electron chi connectivity index (χ0n) is 10.2. The van der Waals surface area contributed by atoms with Gasteiger partial charge in [-0.1, -0.05) is 54.5 Å². The Kier molecular flexibility index (Phi) is 2.61. The fourth-order valence-electron chi connectivity index (χ4n) is 3.16. The largest absolute Gasteiger partial charge is 0.373 e. The molecular weight excluding hydrogens is 220 g/mol. The molecule has 0 spiro atoms. The molecular formula is C17H16O. The molecule has 1 N–H and O–H groups in total. The Balaban J connectivity index is 2.19. The Bertz CT molecular complexity index is 561. The molecule has 90 valence electrons. The lowest BCUT2D eigenvalue weighted by molar-refractivity contribution is 0.0389. The fraction of sp³-hybridized carbons (Fsp3) is 0.294. The number of aliphatic hydroxyl groups is 1. The van der Waals surface area contributed by atoms with Crippen LogP contribution in [0.15, 0.2) is 48.6 Å². The second-order valence-electron chi connectivity index (χ2n) is 5.07. The maximum atomic E-state index is 11.0. The second kappa shape index (κ2) is 4.15. The van der Waals surface area contributed by atoms with Gasteiger partial charge in [0.1, 0.15) is 0 Å². The zero-order chi connectivity index (χ0) is 12.6. The number of hydrogen-bond acceptors (Lipinski definition) is 1. The van der Waals surface area contributed by atoms with Gasteiger partial charge in [0.15, 0.2) is 5.60 Å². The molecule has 2 aliphatic carbocycles. The summed E-state index contributed by atoms with van der Waals surface area (Å²) in [4.78, 5) is 0. The standard InChI is InChI=1S/C17H16O/c1-2-17(18)15-9-5-3-7-13(15)11-12-14-8-4-6-10-16(14)17/h1,3-10,13,15,18H,11-12H2. The number of aryl methyl sites for hydroxylation is 1. The molecule has 1 aromatic carbocycles. The first-order valence-electron chi connectivity index (χ1n) is 6.39. The highest BCUT2D eigenvalue weighted by Gasteiger charge is 2.42. The summed E-state index contributed by atoms with van der Waals surface area (Å²) in [7, 11) is 0. The summed E-state index contributed by atoms with van der Waals surface area (Å²) in [6, 6.07) is 7.99. The normalized spacial score (nSPS) is 33.1. The van der Waals surface area contributed by atoms with E-state index in [1.54, 1.807) is 0 Å². The lowest BCUT2D eigenvalue weighted by atomic mass is 9.73. The van der Waals surface area contributed by atoms with Gasteiger partial charge in [-0.2, -0.15) is 0 Å². The van der Waals surface area contributed by atoms with Gasteiger partial charge in [-0.25, -0.2) is 0 Å². The van der Waals surface area contributed by atoms with E-state index >= 15 is 0 Å². The quantitative estimate of drug-likeness (QED) is 0.687. The Morgan fingerprint density at radius 2 is 2.00 bits per heavy atom. The number of hydrogen-bond donors (Lipinski definition) is 1. The van der Waals surface area contributed by atoms with Crippen molar-refractivity contribution in [3.05, 3.63) is 59.7 Å². The third-order valence-electron chi connectivity index (χ3n) is 4.13. The van der Waals surface area contributed by atoms with Gasteiger partial charge in [0, 0.05) is 5.92 Å². The van der Waals surface area contributed by atoms with E-state index in [0.717, 1.165) is 18.4 Å². The highest BCUT2D eigenvalue weighted by Crippen LogP contribution is 2.43. The third kappa shape index (κ3) is 1.54. The molecule has 0 amide bonds. The van der Waals surface area contributed by atoms with Crippen molar-refractivity contribution >= 4 is 0 Å². The SMILES string of the molecule is C#CC1(O)c2ccccc2CCC2C=CC=CC21. The predicted octanol–water partition coefficient (Wildman–Crippen LogP) is 2.81. The van der Waals surface area contributed by atoms with Crippen LogP contribution < -0.4 is 0 Å². The number of fused-ring (bicyclic) bond motifs is 2.